The van der Waals surface area contributed by atoms with Gasteiger partial charge >= 0.3 is 0 Å². The standard InChI is InChI=1S/C10H19N/c1-5-7-10(2)8-6-9-11(3)4/h5-6,8,10H,1,7,9H2,2-4H3. The van der Waals surface area contributed by atoms with Gasteiger partial charge in [0.1, 0.15) is 0 Å². The average Bonchev–Trinajstić information content (AvgIpc) is 1.87. The predicted molar refractivity (Wildman–Crippen MR) is 51.7 cm³/mol. The van der Waals surface area contributed by atoms with Crippen molar-refractivity contribution >= 4 is 0 Å². The Labute approximate surface area is 70.4 Å². The first-order chi connectivity index (χ1) is 5.16. The third-order valence-electron chi connectivity index (χ3n) is 1.47. The summed E-state index contributed by atoms with van der Waals surface area (Å²) in [4.78, 5) is 2.15. The van der Waals surface area contributed by atoms with Gasteiger partial charge in [-0.15, -0.1) is 6.58 Å². The molecule has 1 heteroatoms. The highest BCUT2D eigenvalue weighted by molar-refractivity contribution is 4.90. The van der Waals surface area contributed by atoms with Gasteiger partial charge in [-0.05, 0) is 26.4 Å². The minimum atomic E-state index is 0.632. The first-order valence-corrected chi connectivity index (χ1v) is 4.09. The van der Waals surface area contributed by atoms with Gasteiger partial charge in [0.25, 0.3) is 0 Å². The van der Waals surface area contributed by atoms with E-state index in [4.69, 9.17) is 0 Å². The smallest absolute Gasteiger partial charge is 0.0157 e. The van der Waals surface area contributed by atoms with Crippen LogP contribution in [0.2, 0.25) is 0 Å². The van der Waals surface area contributed by atoms with Crippen molar-refractivity contribution in [2.45, 2.75) is 13.3 Å². The zero-order valence-electron chi connectivity index (χ0n) is 7.88. The van der Waals surface area contributed by atoms with E-state index in [9.17, 15) is 0 Å². The highest BCUT2D eigenvalue weighted by atomic mass is 15.0. The Morgan fingerprint density at radius 3 is 2.55 bits per heavy atom. The lowest BCUT2D eigenvalue weighted by atomic mass is 10.1. The van der Waals surface area contributed by atoms with Crippen LogP contribution >= 0.6 is 0 Å². The summed E-state index contributed by atoms with van der Waals surface area (Å²) in [7, 11) is 4.14. The van der Waals surface area contributed by atoms with E-state index in [1.165, 1.54) is 0 Å². The van der Waals surface area contributed by atoms with Crippen LogP contribution in [0.15, 0.2) is 24.8 Å². The fourth-order valence-electron chi connectivity index (χ4n) is 0.845. The van der Waals surface area contributed by atoms with E-state index in [1.54, 1.807) is 0 Å². The van der Waals surface area contributed by atoms with E-state index < -0.39 is 0 Å². The molecule has 0 spiro atoms. The predicted octanol–water partition coefficient (Wildman–Crippen LogP) is 2.32. The fraction of sp³-hybridized carbons (Fsp3) is 0.600. The number of likely N-dealkylation sites (N-methyl/N-ethyl adjacent to an activating group) is 1. The Kier molecular flexibility index (Phi) is 5.86. The third kappa shape index (κ3) is 7.34. The van der Waals surface area contributed by atoms with Crippen molar-refractivity contribution in [2.75, 3.05) is 20.6 Å². The quantitative estimate of drug-likeness (QED) is 0.548. The van der Waals surface area contributed by atoms with Crippen molar-refractivity contribution in [1.82, 2.24) is 4.90 Å². The van der Waals surface area contributed by atoms with Gasteiger partial charge in [-0.2, -0.15) is 0 Å². The summed E-state index contributed by atoms with van der Waals surface area (Å²) >= 11 is 0. The second kappa shape index (κ2) is 6.17. The molecule has 0 aromatic rings. The molecule has 64 valence electrons. The molecule has 0 radical (unpaired) electrons. The molecule has 1 atom stereocenters. The van der Waals surface area contributed by atoms with Crippen molar-refractivity contribution in [1.29, 1.82) is 0 Å². The molecule has 0 saturated carbocycles. The molecule has 0 bridgehead atoms. The van der Waals surface area contributed by atoms with Crippen LogP contribution in [0, 0.1) is 5.92 Å². The van der Waals surface area contributed by atoms with Gasteiger partial charge in [0.15, 0.2) is 0 Å². The number of hydrogen-bond donors (Lipinski definition) is 0. The number of rotatable bonds is 5. The van der Waals surface area contributed by atoms with Crippen LogP contribution < -0.4 is 0 Å². The molecule has 0 N–H and O–H groups in total. The summed E-state index contributed by atoms with van der Waals surface area (Å²) in [6, 6.07) is 0. The van der Waals surface area contributed by atoms with Crippen LogP contribution in [0.4, 0.5) is 0 Å². The van der Waals surface area contributed by atoms with Crippen LogP contribution in [0.1, 0.15) is 13.3 Å². The second-order valence-electron chi connectivity index (χ2n) is 3.19. The molecule has 0 heterocycles. The molecule has 0 amide bonds. The number of hydrogen-bond acceptors (Lipinski definition) is 1. The Hall–Kier alpha value is -0.560. The number of nitrogens with zero attached hydrogens (tertiary/aromatic N) is 1. The molecule has 0 aromatic heterocycles. The zero-order valence-corrected chi connectivity index (χ0v) is 7.88. The lowest BCUT2D eigenvalue weighted by Crippen LogP contribution is -2.10. The van der Waals surface area contributed by atoms with Crippen molar-refractivity contribution in [2.24, 2.45) is 5.92 Å². The van der Waals surface area contributed by atoms with E-state index in [0.717, 1.165) is 13.0 Å². The zero-order chi connectivity index (χ0) is 8.69. The van der Waals surface area contributed by atoms with Gasteiger partial charge in [-0.3, -0.25) is 0 Å². The summed E-state index contributed by atoms with van der Waals surface area (Å²) in [6.45, 7) is 6.93. The summed E-state index contributed by atoms with van der Waals surface area (Å²) in [5.74, 6) is 0.632. The summed E-state index contributed by atoms with van der Waals surface area (Å²) in [5.41, 5.74) is 0. The molecule has 0 saturated heterocycles. The van der Waals surface area contributed by atoms with E-state index in [-0.39, 0.29) is 0 Å². The molecule has 0 fully saturated rings. The average molecular weight is 153 g/mol. The molecule has 11 heavy (non-hydrogen) atoms. The highest BCUT2D eigenvalue weighted by Crippen LogP contribution is 2.03. The summed E-state index contributed by atoms with van der Waals surface area (Å²) in [5, 5.41) is 0. The molecule has 0 aliphatic rings. The summed E-state index contributed by atoms with van der Waals surface area (Å²) in [6.07, 6.45) is 7.48. The van der Waals surface area contributed by atoms with Gasteiger partial charge in [0.05, 0.1) is 0 Å². The molecule has 1 unspecified atom stereocenters. The molecule has 0 aromatic carbocycles. The maximum atomic E-state index is 3.70. The van der Waals surface area contributed by atoms with Crippen LogP contribution in [-0.4, -0.2) is 25.5 Å². The highest BCUT2D eigenvalue weighted by Gasteiger charge is 1.91. The topological polar surface area (TPSA) is 3.24 Å². The Balaban J connectivity index is 3.47. The van der Waals surface area contributed by atoms with Crippen molar-refractivity contribution < 1.29 is 0 Å². The summed E-state index contributed by atoms with van der Waals surface area (Å²) < 4.78 is 0. The lowest BCUT2D eigenvalue weighted by molar-refractivity contribution is 0.455. The van der Waals surface area contributed by atoms with Crippen LogP contribution in [-0.2, 0) is 0 Å². The molecular formula is C10H19N. The number of allylic oxidation sites excluding steroid dienone is 2. The molecule has 0 rings (SSSR count). The SMILES string of the molecule is C=CCC(C)C=CCN(C)C. The van der Waals surface area contributed by atoms with Crippen molar-refractivity contribution in [3.8, 4) is 0 Å². The van der Waals surface area contributed by atoms with Gasteiger partial charge < -0.3 is 4.90 Å². The monoisotopic (exact) mass is 153 g/mol. The van der Waals surface area contributed by atoms with E-state index in [2.05, 4.69) is 44.6 Å². The molecule has 0 aliphatic heterocycles. The van der Waals surface area contributed by atoms with E-state index in [1.807, 2.05) is 6.08 Å². The fourth-order valence-corrected chi connectivity index (χ4v) is 0.845. The molecule has 0 aliphatic carbocycles. The third-order valence-corrected chi connectivity index (χ3v) is 1.47. The second-order valence-corrected chi connectivity index (χ2v) is 3.19. The Morgan fingerprint density at radius 2 is 2.09 bits per heavy atom. The van der Waals surface area contributed by atoms with E-state index >= 15 is 0 Å². The van der Waals surface area contributed by atoms with Gasteiger partial charge in [-0.25, -0.2) is 0 Å². The first-order valence-electron chi connectivity index (χ1n) is 4.09. The maximum absolute atomic E-state index is 3.70. The van der Waals surface area contributed by atoms with Crippen LogP contribution in [0.3, 0.4) is 0 Å². The van der Waals surface area contributed by atoms with Crippen LogP contribution in [0.5, 0.6) is 0 Å². The molecular weight excluding hydrogens is 134 g/mol. The van der Waals surface area contributed by atoms with Crippen molar-refractivity contribution in [3.05, 3.63) is 24.8 Å². The van der Waals surface area contributed by atoms with E-state index in [0.29, 0.717) is 5.92 Å². The maximum Gasteiger partial charge on any atom is 0.0157 e. The normalized spacial score (nSPS) is 14.2. The Morgan fingerprint density at radius 1 is 1.45 bits per heavy atom. The minimum absolute atomic E-state index is 0.632. The van der Waals surface area contributed by atoms with Gasteiger partial charge in [0, 0.05) is 6.54 Å². The lowest BCUT2D eigenvalue weighted by Gasteiger charge is -2.05. The largest absolute Gasteiger partial charge is 0.306 e. The van der Waals surface area contributed by atoms with Gasteiger partial charge in [-0.1, -0.05) is 25.2 Å². The molecule has 1 nitrogen and oxygen atoms in total. The Bertz CT molecular complexity index is 125. The van der Waals surface area contributed by atoms with Gasteiger partial charge in [0.2, 0.25) is 0 Å². The first kappa shape index (κ1) is 10.4. The van der Waals surface area contributed by atoms with Crippen molar-refractivity contribution in [3.63, 3.8) is 0 Å². The van der Waals surface area contributed by atoms with Crippen LogP contribution in [0.25, 0.3) is 0 Å². The minimum Gasteiger partial charge on any atom is -0.306 e.